The van der Waals surface area contributed by atoms with Crippen LogP contribution in [0.2, 0.25) is 5.02 Å². The number of halogens is 1. The average Bonchev–Trinajstić information content (AvgIpc) is 3.07. The first-order chi connectivity index (χ1) is 14.7. The van der Waals surface area contributed by atoms with E-state index in [1.54, 1.807) is 0 Å². The van der Waals surface area contributed by atoms with E-state index in [4.69, 9.17) is 21.3 Å². The molecule has 3 aromatic rings. The highest BCUT2D eigenvalue weighted by Gasteiger charge is 2.32. The van der Waals surface area contributed by atoms with Crippen molar-refractivity contribution in [3.8, 4) is 0 Å². The molecule has 0 aliphatic carbocycles. The molecule has 1 fully saturated rings. The molecule has 1 atom stereocenters. The topological polar surface area (TPSA) is 50.6 Å². The minimum Gasteiger partial charge on any atom is -0.444 e. The Hall–Kier alpha value is -2.73. The van der Waals surface area contributed by atoms with Crippen molar-refractivity contribution in [3.63, 3.8) is 0 Å². The summed E-state index contributed by atoms with van der Waals surface area (Å²) in [5, 5.41) is 0.728. The van der Waals surface area contributed by atoms with Gasteiger partial charge in [0.2, 0.25) is 5.95 Å². The van der Waals surface area contributed by atoms with Crippen LogP contribution < -0.4 is 4.90 Å². The van der Waals surface area contributed by atoms with E-state index >= 15 is 0 Å². The molecule has 0 saturated carbocycles. The normalized spacial score (nSPS) is 17.3. The zero-order valence-corrected chi connectivity index (χ0v) is 19.3. The van der Waals surface area contributed by atoms with Gasteiger partial charge < -0.3 is 19.1 Å². The second-order valence-corrected chi connectivity index (χ2v) is 9.52. The highest BCUT2D eigenvalue weighted by molar-refractivity contribution is 6.30. The summed E-state index contributed by atoms with van der Waals surface area (Å²) in [5.74, 6) is 0.923. The molecule has 0 spiro atoms. The molecular formula is C24H29ClN4O2. The first-order valence-corrected chi connectivity index (χ1v) is 11.0. The Kier molecular flexibility index (Phi) is 5.84. The molecule has 31 heavy (non-hydrogen) atoms. The first-order valence-electron chi connectivity index (χ1n) is 10.7. The van der Waals surface area contributed by atoms with E-state index < -0.39 is 5.60 Å². The summed E-state index contributed by atoms with van der Waals surface area (Å²) in [6, 6.07) is 16.1. The second kappa shape index (κ2) is 8.42. The van der Waals surface area contributed by atoms with Crippen LogP contribution in [0.3, 0.4) is 0 Å². The van der Waals surface area contributed by atoms with Crippen LogP contribution in [0.5, 0.6) is 0 Å². The quantitative estimate of drug-likeness (QED) is 0.562. The van der Waals surface area contributed by atoms with E-state index in [2.05, 4.69) is 22.5 Å². The van der Waals surface area contributed by atoms with E-state index in [-0.39, 0.29) is 12.1 Å². The maximum Gasteiger partial charge on any atom is 0.410 e. The molecule has 1 aliphatic rings. The number of amides is 1. The minimum absolute atomic E-state index is 0.0207. The number of aromatic nitrogens is 2. The molecule has 7 heteroatoms. The number of hydrogen-bond acceptors (Lipinski definition) is 4. The fraction of sp³-hybridized carbons (Fsp3) is 0.417. The molecule has 1 aliphatic heterocycles. The summed E-state index contributed by atoms with van der Waals surface area (Å²) in [6.07, 6.45) is -0.255. The van der Waals surface area contributed by atoms with Gasteiger partial charge in [-0.1, -0.05) is 35.9 Å². The lowest BCUT2D eigenvalue weighted by molar-refractivity contribution is 0.0158. The van der Waals surface area contributed by atoms with E-state index in [0.717, 1.165) is 27.6 Å². The standard InChI is InChI=1S/C24H29ClN4O2/c1-17-15-27(13-14-28(17)23(30)31-24(2,3)4)22-26-20-7-5-6-8-21(20)29(22)16-18-9-11-19(25)12-10-18/h5-12,17H,13-16H2,1-4H3/t17-/m1/s1. The second-order valence-electron chi connectivity index (χ2n) is 9.08. The van der Waals surface area contributed by atoms with Gasteiger partial charge in [0.05, 0.1) is 17.6 Å². The number of rotatable bonds is 3. The smallest absolute Gasteiger partial charge is 0.410 e. The highest BCUT2D eigenvalue weighted by atomic mass is 35.5. The van der Waals surface area contributed by atoms with Crippen molar-refractivity contribution in [2.75, 3.05) is 24.5 Å². The van der Waals surface area contributed by atoms with Crippen molar-refractivity contribution in [2.24, 2.45) is 0 Å². The summed E-state index contributed by atoms with van der Waals surface area (Å²) in [7, 11) is 0. The Morgan fingerprint density at radius 2 is 1.84 bits per heavy atom. The molecule has 164 valence electrons. The summed E-state index contributed by atoms with van der Waals surface area (Å²) < 4.78 is 7.83. The number of carbonyl (C=O) groups is 1. The SMILES string of the molecule is C[C@@H]1CN(c2nc3ccccc3n2Cc2ccc(Cl)cc2)CCN1C(=O)OC(C)(C)C. The minimum atomic E-state index is -0.500. The molecule has 2 aromatic carbocycles. The van der Waals surface area contributed by atoms with Gasteiger partial charge in [0.15, 0.2) is 0 Å². The van der Waals surface area contributed by atoms with Crippen LogP contribution in [-0.2, 0) is 11.3 Å². The third kappa shape index (κ3) is 4.79. The van der Waals surface area contributed by atoms with Crippen LogP contribution in [0.4, 0.5) is 10.7 Å². The van der Waals surface area contributed by atoms with Crippen LogP contribution >= 0.6 is 11.6 Å². The zero-order valence-electron chi connectivity index (χ0n) is 18.5. The monoisotopic (exact) mass is 440 g/mol. The molecule has 2 heterocycles. The van der Waals surface area contributed by atoms with Crippen LogP contribution in [0.1, 0.15) is 33.3 Å². The van der Waals surface area contributed by atoms with Crippen molar-refractivity contribution < 1.29 is 9.53 Å². The van der Waals surface area contributed by atoms with Crippen molar-refractivity contribution in [3.05, 3.63) is 59.1 Å². The first kappa shape index (κ1) is 21.5. The maximum atomic E-state index is 12.6. The number of benzene rings is 2. The number of imidazole rings is 1. The lowest BCUT2D eigenvalue weighted by Crippen LogP contribution is -2.55. The molecule has 0 N–H and O–H groups in total. The van der Waals surface area contributed by atoms with Gasteiger partial charge in [-0.2, -0.15) is 0 Å². The van der Waals surface area contributed by atoms with Crippen LogP contribution in [0.15, 0.2) is 48.5 Å². The van der Waals surface area contributed by atoms with Crippen molar-refractivity contribution >= 4 is 34.7 Å². The van der Waals surface area contributed by atoms with Crippen LogP contribution in [-0.4, -0.2) is 51.8 Å². The van der Waals surface area contributed by atoms with Gasteiger partial charge in [0.1, 0.15) is 5.60 Å². The van der Waals surface area contributed by atoms with Gasteiger partial charge >= 0.3 is 6.09 Å². The number of nitrogens with zero attached hydrogens (tertiary/aromatic N) is 4. The fourth-order valence-corrected chi connectivity index (χ4v) is 4.09. The van der Waals surface area contributed by atoms with Crippen molar-refractivity contribution in [1.82, 2.24) is 14.5 Å². The number of para-hydroxylation sites is 2. The molecule has 6 nitrogen and oxygen atoms in total. The maximum absolute atomic E-state index is 12.6. The summed E-state index contributed by atoms with van der Waals surface area (Å²) in [4.78, 5) is 21.6. The lowest BCUT2D eigenvalue weighted by atomic mass is 10.2. The molecule has 1 aromatic heterocycles. The molecule has 0 unspecified atom stereocenters. The third-order valence-electron chi connectivity index (χ3n) is 5.43. The molecular weight excluding hydrogens is 412 g/mol. The number of carbonyl (C=O) groups excluding carboxylic acids is 1. The highest BCUT2D eigenvalue weighted by Crippen LogP contribution is 2.27. The third-order valence-corrected chi connectivity index (χ3v) is 5.68. The van der Waals surface area contributed by atoms with Gasteiger partial charge in [0, 0.05) is 30.7 Å². The molecule has 4 rings (SSSR count). The fourth-order valence-electron chi connectivity index (χ4n) is 3.96. The predicted octanol–water partition coefficient (Wildman–Crippen LogP) is 5.18. The Morgan fingerprint density at radius 3 is 2.52 bits per heavy atom. The molecule has 1 amide bonds. The van der Waals surface area contributed by atoms with Gasteiger partial charge in [-0.15, -0.1) is 0 Å². The van der Waals surface area contributed by atoms with Gasteiger partial charge in [-0.05, 0) is 57.5 Å². The van der Waals surface area contributed by atoms with Gasteiger partial charge in [0.25, 0.3) is 0 Å². The number of ether oxygens (including phenoxy) is 1. The van der Waals surface area contributed by atoms with Crippen LogP contribution in [0, 0.1) is 0 Å². The van der Waals surface area contributed by atoms with E-state index in [1.165, 1.54) is 0 Å². The molecule has 0 bridgehead atoms. The van der Waals surface area contributed by atoms with Crippen molar-refractivity contribution in [1.29, 1.82) is 0 Å². The van der Waals surface area contributed by atoms with E-state index in [9.17, 15) is 4.79 Å². The Labute approximate surface area is 188 Å². The Morgan fingerprint density at radius 1 is 1.13 bits per heavy atom. The van der Waals surface area contributed by atoms with Crippen LogP contribution in [0.25, 0.3) is 11.0 Å². The number of anilines is 1. The average molecular weight is 441 g/mol. The zero-order chi connectivity index (χ0) is 22.2. The molecule has 1 saturated heterocycles. The Balaban J connectivity index is 1.60. The predicted molar refractivity (Wildman–Crippen MR) is 125 cm³/mol. The largest absolute Gasteiger partial charge is 0.444 e. The number of hydrogen-bond donors (Lipinski definition) is 0. The summed E-state index contributed by atoms with van der Waals surface area (Å²) >= 11 is 6.07. The van der Waals surface area contributed by atoms with E-state index in [0.29, 0.717) is 26.2 Å². The van der Waals surface area contributed by atoms with Gasteiger partial charge in [-0.25, -0.2) is 9.78 Å². The van der Waals surface area contributed by atoms with E-state index in [1.807, 2.05) is 68.1 Å². The number of fused-ring (bicyclic) bond motifs is 1. The summed E-state index contributed by atoms with van der Waals surface area (Å²) in [6.45, 7) is 10.4. The van der Waals surface area contributed by atoms with Crippen molar-refractivity contribution in [2.45, 2.75) is 45.9 Å². The summed E-state index contributed by atoms with van der Waals surface area (Å²) in [5.41, 5.74) is 2.72. The molecule has 0 radical (unpaired) electrons. The lowest BCUT2D eigenvalue weighted by Gasteiger charge is -2.40. The van der Waals surface area contributed by atoms with Gasteiger partial charge in [-0.3, -0.25) is 0 Å². The number of piperazine rings is 1. The Bertz CT molecular complexity index is 1070.